The molecule has 1 aliphatic rings. The number of thioether (sulfide) groups is 1. The summed E-state index contributed by atoms with van der Waals surface area (Å²) in [6, 6.07) is 7.69. The lowest BCUT2D eigenvalue weighted by atomic mass is 10.1. The highest BCUT2D eigenvalue weighted by Gasteiger charge is 2.44. The van der Waals surface area contributed by atoms with Crippen molar-refractivity contribution in [1.29, 1.82) is 0 Å². The van der Waals surface area contributed by atoms with Gasteiger partial charge in [0.25, 0.3) is 0 Å². The van der Waals surface area contributed by atoms with Crippen molar-refractivity contribution in [2.24, 2.45) is 0 Å². The molecule has 0 amide bonds. The number of rotatable bonds is 7. The Bertz CT molecular complexity index is 1030. The van der Waals surface area contributed by atoms with Crippen molar-refractivity contribution in [1.82, 2.24) is 19.5 Å². The van der Waals surface area contributed by atoms with Crippen LogP contribution in [0.2, 0.25) is 0 Å². The molecule has 0 bridgehead atoms. The molecule has 0 radical (unpaired) electrons. The number of aliphatic hydroxyl groups is 3. The van der Waals surface area contributed by atoms with Crippen molar-refractivity contribution in [2.45, 2.75) is 36.2 Å². The SMILES string of the molecule is COc1cccc(CNc2nc(SC)nc3c2ncn3[C@@H]2O[C@H](CO)[C@@H](O)[C@H]2O)c1. The van der Waals surface area contributed by atoms with Gasteiger partial charge >= 0.3 is 0 Å². The van der Waals surface area contributed by atoms with Gasteiger partial charge in [0, 0.05) is 6.54 Å². The molecule has 3 aromatic rings. The number of aromatic nitrogens is 4. The smallest absolute Gasteiger partial charge is 0.191 e. The van der Waals surface area contributed by atoms with E-state index in [1.54, 1.807) is 11.7 Å². The van der Waals surface area contributed by atoms with E-state index in [4.69, 9.17) is 9.47 Å². The van der Waals surface area contributed by atoms with Gasteiger partial charge in [0.05, 0.1) is 20.0 Å². The summed E-state index contributed by atoms with van der Waals surface area (Å²) in [4.78, 5) is 13.4. The summed E-state index contributed by atoms with van der Waals surface area (Å²) in [5.41, 5.74) is 1.97. The van der Waals surface area contributed by atoms with Crippen LogP contribution in [0.25, 0.3) is 11.2 Å². The maximum atomic E-state index is 10.4. The molecule has 10 nitrogen and oxygen atoms in total. The van der Waals surface area contributed by atoms with Crippen LogP contribution in [-0.4, -0.2) is 73.1 Å². The van der Waals surface area contributed by atoms with E-state index >= 15 is 0 Å². The van der Waals surface area contributed by atoms with Crippen molar-refractivity contribution < 1.29 is 24.8 Å². The first kappa shape index (κ1) is 20.8. The third-order valence-electron chi connectivity index (χ3n) is 4.97. The Hall–Kier alpha value is -2.44. The molecule has 4 rings (SSSR count). The number of nitrogens with one attached hydrogen (secondary N) is 1. The third-order valence-corrected chi connectivity index (χ3v) is 5.52. The molecular formula is C19H23N5O5S. The number of nitrogens with zero attached hydrogens (tertiary/aromatic N) is 4. The molecular weight excluding hydrogens is 410 g/mol. The highest BCUT2D eigenvalue weighted by molar-refractivity contribution is 7.98. The Morgan fingerprint density at radius 1 is 1.27 bits per heavy atom. The van der Waals surface area contributed by atoms with Crippen LogP contribution in [-0.2, 0) is 11.3 Å². The van der Waals surface area contributed by atoms with Gasteiger partial charge in [0.15, 0.2) is 28.4 Å². The average Bonchev–Trinajstić information content (AvgIpc) is 3.32. The van der Waals surface area contributed by atoms with Gasteiger partial charge in [0.2, 0.25) is 0 Å². The molecule has 2 aromatic heterocycles. The fourth-order valence-electron chi connectivity index (χ4n) is 3.38. The normalized spacial score (nSPS) is 23.8. The van der Waals surface area contributed by atoms with Gasteiger partial charge in [-0.05, 0) is 24.0 Å². The second kappa shape index (κ2) is 8.74. The Morgan fingerprint density at radius 2 is 2.10 bits per heavy atom. The molecule has 1 saturated heterocycles. The monoisotopic (exact) mass is 433 g/mol. The van der Waals surface area contributed by atoms with Gasteiger partial charge in [-0.15, -0.1) is 0 Å². The van der Waals surface area contributed by atoms with Crippen LogP contribution in [0.3, 0.4) is 0 Å². The Morgan fingerprint density at radius 3 is 2.80 bits per heavy atom. The third kappa shape index (κ3) is 3.82. The van der Waals surface area contributed by atoms with E-state index in [2.05, 4.69) is 20.3 Å². The Balaban J connectivity index is 1.66. The lowest BCUT2D eigenvalue weighted by Gasteiger charge is -2.17. The summed E-state index contributed by atoms with van der Waals surface area (Å²) < 4.78 is 12.4. The van der Waals surface area contributed by atoms with E-state index in [-0.39, 0.29) is 0 Å². The zero-order valence-corrected chi connectivity index (χ0v) is 17.3. The molecule has 1 fully saturated rings. The van der Waals surface area contributed by atoms with Crippen LogP contribution < -0.4 is 10.1 Å². The number of benzene rings is 1. The highest BCUT2D eigenvalue weighted by atomic mass is 32.2. The predicted molar refractivity (Wildman–Crippen MR) is 110 cm³/mol. The molecule has 3 heterocycles. The van der Waals surface area contributed by atoms with Crippen molar-refractivity contribution in [2.75, 3.05) is 25.3 Å². The fraction of sp³-hybridized carbons (Fsp3) is 0.421. The van der Waals surface area contributed by atoms with Crippen molar-refractivity contribution in [3.05, 3.63) is 36.2 Å². The number of imidazole rings is 1. The molecule has 1 aromatic carbocycles. The average molecular weight is 433 g/mol. The summed E-state index contributed by atoms with van der Waals surface area (Å²) >= 11 is 1.37. The second-order valence-electron chi connectivity index (χ2n) is 6.82. The summed E-state index contributed by atoms with van der Waals surface area (Å²) in [7, 11) is 1.62. The van der Waals surface area contributed by atoms with Crippen LogP contribution in [0, 0.1) is 0 Å². The van der Waals surface area contributed by atoms with E-state index in [9.17, 15) is 15.3 Å². The number of hydrogen-bond acceptors (Lipinski definition) is 10. The van der Waals surface area contributed by atoms with E-state index in [1.165, 1.54) is 18.1 Å². The van der Waals surface area contributed by atoms with Gasteiger partial charge in [0.1, 0.15) is 24.1 Å². The van der Waals surface area contributed by atoms with Gasteiger partial charge in [-0.2, -0.15) is 0 Å². The van der Waals surface area contributed by atoms with E-state index in [0.29, 0.717) is 28.7 Å². The van der Waals surface area contributed by atoms with Gasteiger partial charge < -0.3 is 30.1 Å². The summed E-state index contributed by atoms with van der Waals surface area (Å²) in [6.45, 7) is 0.0948. The van der Waals surface area contributed by atoms with E-state index < -0.39 is 31.1 Å². The number of ether oxygens (including phenoxy) is 2. The molecule has 0 unspecified atom stereocenters. The van der Waals surface area contributed by atoms with Crippen LogP contribution in [0.5, 0.6) is 5.75 Å². The molecule has 0 spiro atoms. The van der Waals surface area contributed by atoms with Crippen molar-refractivity contribution >= 4 is 28.7 Å². The molecule has 4 atom stereocenters. The van der Waals surface area contributed by atoms with Gasteiger partial charge in [-0.25, -0.2) is 15.0 Å². The largest absolute Gasteiger partial charge is 0.497 e. The van der Waals surface area contributed by atoms with Crippen LogP contribution in [0.4, 0.5) is 5.82 Å². The lowest BCUT2D eigenvalue weighted by Crippen LogP contribution is -2.33. The first-order chi connectivity index (χ1) is 14.5. The molecule has 11 heteroatoms. The number of aliphatic hydroxyl groups excluding tert-OH is 3. The minimum atomic E-state index is -1.22. The minimum Gasteiger partial charge on any atom is -0.497 e. The summed E-state index contributed by atoms with van der Waals surface area (Å²) in [5.74, 6) is 1.30. The zero-order chi connectivity index (χ0) is 21.3. The topological polar surface area (TPSA) is 135 Å². The number of fused-ring (bicyclic) bond motifs is 1. The molecule has 0 aliphatic carbocycles. The maximum Gasteiger partial charge on any atom is 0.191 e. The predicted octanol–water partition coefficient (Wildman–Crippen LogP) is 0.780. The first-order valence-electron chi connectivity index (χ1n) is 9.33. The second-order valence-corrected chi connectivity index (χ2v) is 7.59. The van der Waals surface area contributed by atoms with Gasteiger partial charge in [-0.1, -0.05) is 23.9 Å². The molecule has 30 heavy (non-hydrogen) atoms. The minimum absolute atomic E-state index is 0.403. The highest BCUT2D eigenvalue weighted by Crippen LogP contribution is 2.33. The summed E-state index contributed by atoms with van der Waals surface area (Å²) in [6.07, 6.45) is -0.876. The van der Waals surface area contributed by atoms with Crippen LogP contribution >= 0.6 is 11.8 Å². The summed E-state index contributed by atoms with van der Waals surface area (Å²) in [5, 5.41) is 33.6. The van der Waals surface area contributed by atoms with E-state index in [0.717, 1.165) is 11.3 Å². The standard InChI is InChI=1S/C19H23N5O5S/c1-28-11-5-3-4-10(6-11)7-20-16-13-17(23-19(22-16)30-2)24(9-21-13)18-15(27)14(26)12(8-25)29-18/h3-6,9,12,14-15,18,25-27H,7-8H2,1-2H3,(H,20,22,23)/t12-,14-,15-,18-/m1/s1. The molecule has 0 saturated carbocycles. The zero-order valence-electron chi connectivity index (χ0n) is 16.5. The Kier molecular flexibility index (Phi) is 6.06. The lowest BCUT2D eigenvalue weighted by molar-refractivity contribution is -0.0511. The number of hydrogen-bond donors (Lipinski definition) is 4. The fourth-order valence-corrected chi connectivity index (χ4v) is 3.74. The molecule has 4 N–H and O–H groups in total. The van der Waals surface area contributed by atoms with Gasteiger partial charge in [-0.3, -0.25) is 4.57 Å². The number of methoxy groups -OCH3 is 1. The van der Waals surface area contributed by atoms with E-state index in [1.807, 2.05) is 30.5 Å². The maximum absolute atomic E-state index is 10.4. The number of anilines is 1. The van der Waals surface area contributed by atoms with Crippen LogP contribution in [0.1, 0.15) is 11.8 Å². The quantitative estimate of drug-likeness (QED) is 0.313. The first-order valence-corrected chi connectivity index (χ1v) is 10.6. The molecule has 160 valence electrons. The van der Waals surface area contributed by atoms with Crippen molar-refractivity contribution in [3.63, 3.8) is 0 Å². The molecule has 1 aliphatic heterocycles. The van der Waals surface area contributed by atoms with Crippen molar-refractivity contribution in [3.8, 4) is 5.75 Å². The Labute approximate surface area is 176 Å². The van der Waals surface area contributed by atoms with Crippen LogP contribution in [0.15, 0.2) is 35.7 Å².